The molecular formula is C22H22ClFN2O. The number of fused-ring (bicyclic) bond motifs is 1. The second-order valence-corrected chi connectivity index (χ2v) is 7.71. The first kappa shape index (κ1) is 18.2. The quantitative estimate of drug-likeness (QED) is 0.649. The van der Waals surface area contributed by atoms with Gasteiger partial charge in [0.2, 0.25) is 0 Å². The van der Waals surface area contributed by atoms with Crippen LogP contribution < -0.4 is 4.90 Å². The van der Waals surface area contributed by atoms with E-state index in [4.69, 9.17) is 11.6 Å². The molecule has 1 aliphatic heterocycles. The zero-order valence-electron chi connectivity index (χ0n) is 15.1. The van der Waals surface area contributed by atoms with E-state index in [1.165, 1.54) is 25.7 Å². The molecule has 1 unspecified atom stereocenters. The van der Waals surface area contributed by atoms with Crippen LogP contribution in [0.2, 0.25) is 5.02 Å². The average Bonchev–Trinajstić information content (AvgIpc) is 3.18. The molecule has 27 heavy (non-hydrogen) atoms. The highest BCUT2D eigenvalue weighted by atomic mass is 35.5. The van der Waals surface area contributed by atoms with Crippen LogP contribution in [0.4, 0.5) is 10.1 Å². The molecule has 2 aliphatic rings. The maximum atomic E-state index is 14.8. The second-order valence-electron chi connectivity index (χ2n) is 7.27. The minimum atomic E-state index is -1.91. The highest BCUT2D eigenvalue weighted by molar-refractivity contribution is 6.32. The number of amides is 1. The summed E-state index contributed by atoms with van der Waals surface area (Å²) in [5.41, 5.74) is 2.63. The molecule has 1 atom stereocenters. The van der Waals surface area contributed by atoms with E-state index in [0.717, 1.165) is 12.0 Å². The lowest BCUT2D eigenvalue weighted by atomic mass is 9.99. The number of alkyl halides is 1. The van der Waals surface area contributed by atoms with Crippen molar-refractivity contribution >= 4 is 28.9 Å². The molecule has 0 aromatic heterocycles. The molecule has 1 aliphatic carbocycles. The highest BCUT2D eigenvalue weighted by Crippen LogP contribution is 2.33. The molecule has 0 bridgehead atoms. The van der Waals surface area contributed by atoms with Gasteiger partial charge in [-0.1, -0.05) is 67.6 Å². The monoisotopic (exact) mass is 384 g/mol. The van der Waals surface area contributed by atoms with Crippen LogP contribution in [0.15, 0.2) is 53.5 Å². The maximum Gasteiger partial charge on any atom is 0.284 e. The third kappa shape index (κ3) is 3.77. The first-order valence-corrected chi connectivity index (χ1v) is 9.90. The van der Waals surface area contributed by atoms with Crippen LogP contribution in [-0.4, -0.2) is 24.5 Å². The standard InChI is InChI=1S/C22H22ClFN2O/c23-17-10-11-19-18(14-17)20(16-8-2-1-3-9-16)25-21(24)22(27)26(19)13-12-15-6-4-5-7-15/h1-3,8-11,14-15,21H,4-7,12-13H2. The summed E-state index contributed by atoms with van der Waals surface area (Å²) < 4.78 is 14.8. The van der Waals surface area contributed by atoms with E-state index in [1.807, 2.05) is 30.3 Å². The Hall–Kier alpha value is -2.20. The first-order chi connectivity index (χ1) is 13.1. The van der Waals surface area contributed by atoms with Gasteiger partial charge in [-0.05, 0) is 30.5 Å². The smallest absolute Gasteiger partial charge is 0.284 e. The van der Waals surface area contributed by atoms with Crippen molar-refractivity contribution < 1.29 is 9.18 Å². The number of hydrogen-bond acceptors (Lipinski definition) is 2. The predicted molar refractivity (Wildman–Crippen MR) is 107 cm³/mol. The van der Waals surface area contributed by atoms with E-state index in [1.54, 1.807) is 23.1 Å². The summed E-state index contributed by atoms with van der Waals surface area (Å²) in [5, 5.41) is 0.540. The number of hydrogen-bond donors (Lipinski definition) is 0. The minimum Gasteiger partial charge on any atom is -0.307 e. The second kappa shape index (κ2) is 7.81. The number of nitrogens with zero attached hydrogens (tertiary/aromatic N) is 2. The van der Waals surface area contributed by atoms with Crippen LogP contribution in [0, 0.1) is 5.92 Å². The lowest BCUT2D eigenvalue weighted by molar-refractivity contribution is -0.123. The normalized spacial score (nSPS) is 20.4. The molecule has 1 saturated carbocycles. The Kier molecular flexibility index (Phi) is 5.26. The van der Waals surface area contributed by atoms with E-state index in [0.29, 0.717) is 34.4 Å². The van der Waals surface area contributed by atoms with Crippen molar-refractivity contribution in [2.75, 3.05) is 11.4 Å². The molecule has 140 valence electrons. The van der Waals surface area contributed by atoms with Gasteiger partial charge in [0.15, 0.2) is 0 Å². The van der Waals surface area contributed by atoms with Crippen molar-refractivity contribution in [2.24, 2.45) is 10.9 Å². The van der Waals surface area contributed by atoms with Gasteiger partial charge in [0.25, 0.3) is 12.2 Å². The van der Waals surface area contributed by atoms with Crippen molar-refractivity contribution in [3.63, 3.8) is 0 Å². The van der Waals surface area contributed by atoms with E-state index in [9.17, 15) is 9.18 Å². The number of anilines is 1. The van der Waals surface area contributed by atoms with E-state index in [-0.39, 0.29) is 0 Å². The summed E-state index contributed by atoms with van der Waals surface area (Å²) in [5.74, 6) is 0.0203. The summed E-state index contributed by atoms with van der Waals surface area (Å²) in [6, 6.07) is 14.7. The Labute approximate surface area is 163 Å². The van der Waals surface area contributed by atoms with E-state index >= 15 is 0 Å². The average molecular weight is 385 g/mol. The fraction of sp³-hybridized carbons (Fsp3) is 0.364. The fourth-order valence-corrected chi connectivity index (χ4v) is 4.26. The van der Waals surface area contributed by atoms with Gasteiger partial charge in [-0.15, -0.1) is 0 Å². The Balaban J connectivity index is 1.75. The van der Waals surface area contributed by atoms with Crippen LogP contribution >= 0.6 is 11.6 Å². The molecule has 4 rings (SSSR count). The topological polar surface area (TPSA) is 32.7 Å². The van der Waals surface area contributed by atoms with Crippen LogP contribution in [0.25, 0.3) is 0 Å². The van der Waals surface area contributed by atoms with Gasteiger partial charge in [-0.2, -0.15) is 0 Å². The van der Waals surface area contributed by atoms with Crippen molar-refractivity contribution in [2.45, 2.75) is 38.4 Å². The zero-order valence-corrected chi connectivity index (χ0v) is 15.8. The van der Waals surface area contributed by atoms with Crippen LogP contribution in [-0.2, 0) is 4.79 Å². The largest absolute Gasteiger partial charge is 0.307 e. The van der Waals surface area contributed by atoms with Crippen LogP contribution in [0.3, 0.4) is 0 Å². The lowest BCUT2D eigenvalue weighted by Gasteiger charge is -2.25. The summed E-state index contributed by atoms with van der Waals surface area (Å²) >= 11 is 6.23. The Bertz CT molecular complexity index is 862. The van der Waals surface area contributed by atoms with Gasteiger partial charge in [0, 0.05) is 22.7 Å². The molecule has 1 fully saturated rings. The summed E-state index contributed by atoms with van der Waals surface area (Å²) in [6.07, 6.45) is 3.87. The Morgan fingerprint density at radius 3 is 2.59 bits per heavy atom. The number of carbonyl (C=O) groups excluding carboxylic acids is 1. The molecule has 2 aromatic rings. The molecule has 1 amide bonds. The Morgan fingerprint density at radius 1 is 1.11 bits per heavy atom. The first-order valence-electron chi connectivity index (χ1n) is 9.52. The van der Waals surface area contributed by atoms with E-state index in [2.05, 4.69) is 4.99 Å². The fourth-order valence-electron chi connectivity index (χ4n) is 4.09. The number of carbonyl (C=O) groups is 1. The number of rotatable bonds is 4. The SMILES string of the molecule is O=C1C(F)N=C(c2ccccc2)c2cc(Cl)ccc2N1CCC1CCCC1. The predicted octanol–water partition coefficient (Wildman–Crippen LogP) is 5.40. The zero-order chi connectivity index (χ0) is 18.8. The van der Waals surface area contributed by atoms with Gasteiger partial charge in [-0.25, -0.2) is 9.38 Å². The number of aliphatic imine (C=N–C) groups is 1. The Morgan fingerprint density at radius 2 is 1.85 bits per heavy atom. The number of benzene rings is 2. The van der Waals surface area contributed by atoms with Gasteiger partial charge in [-0.3, -0.25) is 4.79 Å². The molecule has 5 heteroatoms. The lowest BCUT2D eigenvalue weighted by Crippen LogP contribution is -2.37. The van der Waals surface area contributed by atoms with E-state index < -0.39 is 12.2 Å². The molecule has 1 heterocycles. The molecule has 3 nitrogen and oxygen atoms in total. The summed E-state index contributed by atoms with van der Waals surface area (Å²) in [4.78, 5) is 18.5. The van der Waals surface area contributed by atoms with Crippen LogP contribution in [0.5, 0.6) is 0 Å². The molecule has 0 radical (unpaired) electrons. The molecular weight excluding hydrogens is 363 g/mol. The molecule has 0 saturated heterocycles. The molecule has 0 N–H and O–H groups in total. The number of halogens is 2. The van der Waals surface area contributed by atoms with Crippen LogP contribution in [0.1, 0.15) is 43.2 Å². The van der Waals surface area contributed by atoms with Gasteiger partial charge in [0.1, 0.15) is 0 Å². The highest BCUT2D eigenvalue weighted by Gasteiger charge is 2.32. The van der Waals surface area contributed by atoms with Crippen molar-refractivity contribution in [1.29, 1.82) is 0 Å². The van der Waals surface area contributed by atoms with Crippen molar-refractivity contribution in [3.05, 3.63) is 64.7 Å². The third-order valence-electron chi connectivity index (χ3n) is 5.50. The molecule has 0 spiro atoms. The van der Waals surface area contributed by atoms with Gasteiger partial charge >= 0.3 is 0 Å². The summed E-state index contributed by atoms with van der Waals surface area (Å²) in [7, 11) is 0. The third-order valence-corrected chi connectivity index (χ3v) is 5.73. The minimum absolute atomic E-state index is 0.470. The van der Waals surface area contributed by atoms with Crippen molar-refractivity contribution in [3.8, 4) is 0 Å². The number of benzodiazepines with no additional fused rings is 1. The van der Waals surface area contributed by atoms with Crippen molar-refractivity contribution in [1.82, 2.24) is 0 Å². The molecule has 2 aromatic carbocycles. The van der Waals surface area contributed by atoms with Gasteiger partial charge < -0.3 is 4.90 Å². The summed E-state index contributed by atoms with van der Waals surface area (Å²) in [6.45, 7) is 0.510. The maximum absolute atomic E-state index is 14.8. The van der Waals surface area contributed by atoms with Gasteiger partial charge in [0.05, 0.1) is 11.4 Å².